The van der Waals surface area contributed by atoms with Crippen molar-refractivity contribution in [2.75, 3.05) is 5.32 Å². The van der Waals surface area contributed by atoms with Crippen molar-refractivity contribution in [2.24, 2.45) is 7.05 Å². The molecule has 0 aliphatic rings. The van der Waals surface area contributed by atoms with Crippen LogP contribution in [0.2, 0.25) is 0 Å². The number of hydrogen-bond donors (Lipinski definition) is 2. The molecule has 1 aromatic carbocycles. The molecule has 0 unspecified atom stereocenters. The van der Waals surface area contributed by atoms with Gasteiger partial charge in [0, 0.05) is 31.5 Å². The Bertz CT molecular complexity index is 818. The molecule has 24 heavy (non-hydrogen) atoms. The molecule has 0 saturated heterocycles. The molecule has 0 fully saturated rings. The van der Waals surface area contributed by atoms with Gasteiger partial charge >= 0.3 is 0 Å². The molecule has 0 spiro atoms. The SMILES string of the molecule is Cc1ccc(Cn2cc(NC(=S)NCc3cnn(C)c3)cn2)cc1. The number of nitrogens with zero attached hydrogens (tertiary/aromatic N) is 4. The largest absolute Gasteiger partial charge is 0.358 e. The molecule has 2 aromatic heterocycles. The summed E-state index contributed by atoms with van der Waals surface area (Å²) in [5.74, 6) is 0. The lowest BCUT2D eigenvalue weighted by molar-refractivity contribution is 0.687. The third-order valence-corrected chi connectivity index (χ3v) is 3.81. The van der Waals surface area contributed by atoms with E-state index >= 15 is 0 Å². The summed E-state index contributed by atoms with van der Waals surface area (Å²) in [6.07, 6.45) is 7.48. The highest BCUT2D eigenvalue weighted by Crippen LogP contribution is 2.09. The van der Waals surface area contributed by atoms with E-state index in [-0.39, 0.29) is 0 Å². The van der Waals surface area contributed by atoms with Gasteiger partial charge < -0.3 is 10.6 Å². The zero-order valence-electron chi connectivity index (χ0n) is 13.7. The average molecular weight is 340 g/mol. The zero-order valence-corrected chi connectivity index (χ0v) is 14.5. The first-order chi connectivity index (χ1) is 11.6. The van der Waals surface area contributed by atoms with E-state index in [1.54, 1.807) is 10.9 Å². The van der Waals surface area contributed by atoms with Gasteiger partial charge in [-0.1, -0.05) is 29.8 Å². The topological polar surface area (TPSA) is 59.7 Å². The van der Waals surface area contributed by atoms with Crippen LogP contribution in [0.15, 0.2) is 49.1 Å². The van der Waals surface area contributed by atoms with E-state index in [0.717, 1.165) is 17.8 Å². The lowest BCUT2D eigenvalue weighted by Gasteiger charge is -2.07. The molecule has 6 nitrogen and oxygen atoms in total. The summed E-state index contributed by atoms with van der Waals surface area (Å²) in [6, 6.07) is 8.44. The summed E-state index contributed by atoms with van der Waals surface area (Å²) < 4.78 is 3.65. The van der Waals surface area contributed by atoms with Crippen molar-refractivity contribution >= 4 is 23.0 Å². The minimum absolute atomic E-state index is 0.564. The van der Waals surface area contributed by atoms with Crippen molar-refractivity contribution in [3.63, 3.8) is 0 Å². The van der Waals surface area contributed by atoms with Crippen molar-refractivity contribution < 1.29 is 0 Å². The number of benzene rings is 1. The summed E-state index contributed by atoms with van der Waals surface area (Å²) >= 11 is 5.31. The third kappa shape index (κ3) is 4.42. The summed E-state index contributed by atoms with van der Waals surface area (Å²) in [7, 11) is 1.89. The standard InChI is InChI=1S/C17H20N6S/c1-13-3-5-14(6-4-13)11-23-12-16(9-20-23)21-17(24)18-7-15-8-19-22(2)10-15/h3-6,8-10,12H,7,11H2,1-2H3,(H2,18,21,24). The van der Waals surface area contributed by atoms with Crippen LogP contribution in [-0.4, -0.2) is 24.7 Å². The second kappa shape index (κ2) is 7.27. The number of anilines is 1. The summed E-state index contributed by atoms with van der Waals surface area (Å²) in [5, 5.41) is 15.4. The summed E-state index contributed by atoms with van der Waals surface area (Å²) in [4.78, 5) is 0. The molecule has 0 radical (unpaired) electrons. The minimum Gasteiger partial charge on any atom is -0.358 e. The van der Waals surface area contributed by atoms with E-state index < -0.39 is 0 Å². The first kappa shape index (κ1) is 16.2. The van der Waals surface area contributed by atoms with Crippen LogP contribution in [0.25, 0.3) is 0 Å². The zero-order chi connectivity index (χ0) is 16.9. The van der Waals surface area contributed by atoms with Crippen molar-refractivity contribution in [1.29, 1.82) is 0 Å². The Labute approximate surface area is 146 Å². The van der Waals surface area contributed by atoms with Gasteiger partial charge in [0.1, 0.15) is 0 Å². The number of aromatic nitrogens is 4. The Morgan fingerprint density at radius 3 is 2.58 bits per heavy atom. The molecule has 0 atom stereocenters. The van der Waals surface area contributed by atoms with Crippen LogP contribution in [0.4, 0.5) is 5.69 Å². The first-order valence-electron chi connectivity index (χ1n) is 7.69. The smallest absolute Gasteiger partial charge is 0.171 e. The van der Waals surface area contributed by atoms with Gasteiger partial charge in [-0.05, 0) is 24.7 Å². The fourth-order valence-corrected chi connectivity index (χ4v) is 2.51. The molecule has 0 aliphatic heterocycles. The maximum atomic E-state index is 5.31. The van der Waals surface area contributed by atoms with Gasteiger partial charge in [-0.15, -0.1) is 0 Å². The first-order valence-corrected chi connectivity index (χ1v) is 8.10. The number of rotatable bonds is 5. The van der Waals surface area contributed by atoms with E-state index in [2.05, 4.69) is 52.0 Å². The Balaban J connectivity index is 1.51. The second-order valence-corrected chi connectivity index (χ2v) is 6.15. The highest BCUT2D eigenvalue weighted by molar-refractivity contribution is 7.80. The molecular weight excluding hydrogens is 320 g/mol. The van der Waals surface area contributed by atoms with Crippen LogP contribution < -0.4 is 10.6 Å². The van der Waals surface area contributed by atoms with Crippen LogP contribution >= 0.6 is 12.2 Å². The van der Waals surface area contributed by atoms with Gasteiger partial charge in [0.15, 0.2) is 5.11 Å². The number of hydrogen-bond acceptors (Lipinski definition) is 3. The lowest BCUT2D eigenvalue weighted by atomic mass is 10.1. The predicted octanol–water partition coefficient (Wildman–Crippen LogP) is 2.46. The molecule has 0 saturated carbocycles. The Morgan fingerprint density at radius 2 is 1.88 bits per heavy atom. The molecule has 0 aliphatic carbocycles. The van der Waals surface area contributed by atoms with Crippen LogP contribution in [0.3, 0.4) is 0 Å². The molecule has 2 N–H and O–H groups in total. The van der Waals surface area contributed by atoms with Gasteiger partial charge in [-0.2, -0.15) is 10.2 Å². The summed E-state index contributed by atoms with van der Waals surface area (Å²) in [5.41, 5.74) is 4.42. The van der Waals surface area contributed by atoms with Crippen LogP contribution in [0.5, 0.6) is 0 Å². The summed E-state index contributed by atoms with van der Waals surface area (Å²) in [6.45, 7) is 3.45. The number of nitrogens with one attached hydrogen (secondary N) is 2. The fraction of sp³-hybridized carbons (Fsp3) is 0.235. The van der Waals surface area contributed by atoms with Gasteiger partial charge in [0.05, 0.1) is 24.6 Å². The normalized spacial score (nSPS) is 10.6. The molecule has 124 valence electrons. The average Bonchev–Trinajstić information content (AvgIpc) is 3.17. The maximum Gasteiger partial charge on any atom is 0.171 e. The van der Waals surface area contributed by atoms with Gasteiger partial charge in [0.2, 0.25) is 0 Å². The minimum atomic E-state index is 0.564. The Kier molecular flexibility index (Phi) is 4.90. The second-order valence-electron chi connectivity index (χ2n) is 5.74. The molecule has 3 rings (SSSR count). The van der Waals surface area contributed by atoms with Crippen LogP contribution in [0.1, 0.15) is 16.7 Å². The third-order valence-electron chi connectivity index (χ3n) is 3.57. The van der Waals surface area contributed by atoms with Crippen LogP contribution in [0, 0.1) is 6.92 Å². The van der Waals surface area contributed by atoms with E-state index in [4.69, 9.17) is 12.2 Å². The molecule has 0 amide bonds. The monoisotopic (exact) mass is 340 g/mol. The Hall–Kier alpha value is -2.67. The highest BCUT2D eigenvalue weighted by Gasteiger charge is 2.03. The maximum absolute atomic E-state index is 5.31. The number of thiocarbonyl (C=S) groups is 1. The molecule has 2 heterocycles. The van der Waals surface area contributed by atoms with Crippen molar-refractivity contribution in [2.45, 2.75) is 20.0 Å². The van der Waals surface area contributed by atoms with Gasteiger partial charge in [-0.3, -0.25) is 9.36 Å². The van der Waals surface area contributed by atoms with Crippen molar-refractivity contribution in [3.8, 4) is 0 Å². The van der Waals surface area contributed by atoms with Gasteiger partial charge in [0.25, 0.3) is 0 Å². The fourth-order valence-electron chi connectivity index (χ4n) is 2.32. The van der Waals surface area contributed by atoms with Crippen LogP contribution in [-0.2, 0) is 20.1 Å². The predicted molar refractivity (Wildman–Crippen MR) is 98.8 cm³/mol. The molecule has 7 heteroatoms. The van der Waals surface area contributed by atoms with E-state index in [1.165, 1.54) is 11.1 Å². The Morgan fingerprint density at radius 1 is 1.08 bits per heavy atom. The lowest BCUT2D eigenvalue weighted by Crippen LogP contribution is -2.27. The van der Waals surface area contributed by atoms with Crippen molar-refractivity contribution in [1.82, 2.24) is 24.9 Å². The van der Waals surface area contributed by atoms with Crippen molar-refractivity contribution in [3.05, 3.63) is 65.7 Å². The van der Waals surface area contributed by atoms with Gasteiger partial charge in [-0.25, -0.2) is 0 Å². The number of aryl methyl sites for hydroxylation is 2. The quantitative estimate of drug-likeness (QED) is 0.699. The molecular formula is C17H20N6S. The van der Waals surface area contributed by atoms with E-state index in [9.17, 15) is 0 Å². The molecule has 0 bridgehead atoms. The molecule has 3 aromatic rings. The van der Waals surface area contributed by atoms with E-state index in [0.29, 0.717) is 11.7 Å². The highest BCUT2D eigenvalue weighted by atomic mass is 32.1. The van der Waals surface area contributed by atoms with E-state index in [1.807, 2.05) is 30.3 Å².